The molecule has 3 aromatic carbocycles. The molecule has 7 amide bonds. The lowest BCUT2D eigenvalue weighted by molar-refractivity contribution is -0.138. The Hall–Kier alpha value is -7.49. The standard InChI is InChI=1S/C45H45F3N10O9S2/c1-25-40(69-24-55-25)27-6-4-26(5-7-27)17-54-41(65)34-15-31(59)22-56(34)39(64)21-53-37(62)19-51-35(60)18-50-36(61)20-52-38(63)23-67-32-12-10-29(11-13-32)58-43(68)57(42(66)44(58,2)3)30-9-8-28(16-49)33(14-30)45(46,47)48/h4-14,24,31,34,59H,15,17-23H2,1-3H3,(H,50,61)(H,51,60)(H,52,63)(H,53,62)(H,54,65)/t31-,34+/m1/s1. The van der Waals surface area contributed by atoms with Crippen molar-refractivity contribution in [1.29, 1.82) is 5.26 Å². The zero-order valence-corrected chi connectivity index (χ0v) is 38.8. The van der Waals surface area contributed by atoms with Crippen LogP contribution in [0.5, 0.6) is 5.75 Å². The van der Waals surface area contributed by atoms with E-state index < -0.39 is 109 Å². The SMILES string of the molecule is Cc1ncsc1-c1ccc(CNC(=O)[C@@H]2C[C@@H](O)CN2C(=O)CNC(=O)CNC(=O)CNC(=O)CNC(=O)COc2ccc(N3C(=S)N(c4ccc(C#N)c(C(F)(F)F)c4)C(=O)C3(C)C)cc2)cc1. The second kappa shape index (κ2) is 21.6. The Labute approximate surface area is 402 Å². The summed E-state index contributed by atoms with van der Waals surface area (Å²) >= 11 is 7.07. The Morgan fingerprint density at radius 1 is 0.884 bits per heavy atom. The molecule has 2 aliphatic heterocycles. The molecule has 6 rings (SSSR count). The maximum atomic E-state index is 13.7. The highest BCUT2D eigenvalue weighted by Gasteiger charge is 2.51. The van der Waals surface area contributed by atoms with Crippen LogP contribution in [-0.4, -0.2) is 118 Å². The number of rotatable bonds is 17. The van der Waals surface area contributed by atoms with Crippen molar-refractivity contribution in [2.45, 2.75) is 57.6 Å². The monoisotopic (exact) mass is 990 g/mol. The van der Waals surface area contributed by atoms with Crippen LogP contribution in [0.25, 0.3) is 10.4 Å². The third-order valence-electron chi connectivity index (χ3n) is 10.9. The molecule has 0 radical (unpaired) electrons. The lowest BCUT2D eigenvalue weighted by atomic mass is 10.0. The van der Waals surface area contributed by atoms with E-state index in [-0.39, 0.29) is 36.1 Å². The second-order valence-electron chi connectivity index (χ2n) is 16.2. The highest BCUT2D eigenvalue weighted by Crippen LogP contribution is 2.40. The van der Waals surface area contributed by atoms with Gasteiger partial charge in [-0.25, -0.2) is 4.98 Å². The van der Waals surface area contributed by atoms with Crippen molar-refractivity contribution >= 4 is 81.4 Å². The first kappa shape index (κ1) is 50.9. The molecule has 362 valence electrons. The first-order valence-corrected chi connectivity index (χ1v) is 22.3. The Morgan fingerprint density at radius 2 is 1.48 bits per heavy atom. The molecule has 0 bridgehead atoms. The fourth-order valence-electron chi connectivity index (χ4n) is 7.35. The van der Waals surface area contributed by atoms with Gasteiger partial charge in [-0.1, -0.05) is 24.3 Å². The Bertz CT molecular complexity index is 2690. The van der Waals surface area contributed by atoms with Gasteiger partial charge in [0.2, 0.25) is 29.5 Å². The number of nitrogens with one attached hydrogen (secondary N) is 5. The average molecular weight is 991 g/mol. The topological polar surface area (TPSA) is 255 Å². The van der Waals surface area contributed by atoms with E-state index in [1.807, 2.05) is 31.2 Å². The summed E-state index contributed by atoms with van der Waals surface area (Å²) in [6, 6.07) is 17.0. The van der Waals surface area contributed by atoms with Crippen LogP contribution in [0.4, 0.5) is 24.5 Å². The number of anilines is 2. The van der Waals surface area contributed by atoms with E-state index in [1.165, 1.54) is 71.4 Å². The van der Waals surface area contributed by atoms with Gasteiger partial charge in [0.05, 0.1) is 71.2 Å². The number of amides is 7. The number of benzene rings is 3. The molecule has 1 aromatic heterocycles. The van der Waals surface area contributed by atoms with E-state index in [2.05, 4.69) is 31.6 Å². The molecular weight excluding hydrogens is 946 g/mol. The molecule has 19 nitrogen and oxygen atoms in total. The first-order chi connectivity index (χ1) is 32.7. The number of ether oxygens (including phenoxy) is 1. The van der Waals surface area contributed by atoms with Crippen molar-refractivity contribution in [2.75, 3.05) is 49.1 Å². The van der Waals surface area contributed by atoms with Gasteiger partial charge in [0, 0.05) is 25.2 Å². The number of β-amino-alcohol motifs (C(OH)–C–C–N with tert-alkyl or cyclic N) is 1. The van der Waals surface area contributed by atoms with Crippen LogP contribution >= 0.6 is 23.6 Å². The Morgan fingerprint density at radius 3 is 2.06 bits per heavy atom. The highest BCUT2D eigenvalue weighted by atomic mass is 32.1. The van der Waals surface area contributed by atoms with E-state index in [0.717, 1.165) is 32.7 Å². The number of hydrogen-bond donors (Lipinski definition) is 6. The van der Waals surface area contributed by atoms with Crippen LogP contribution in [0, 0.1) is 18.3 Å². The Balaban J connectivity index is 0.866. The van der Waals surface area contributed by atoms with Crippen LogP contribution in [0.3, 0.4) is 0 Å². The number of hydrogen-bond acceptors (Lipinski definition) is 13. The maximum absolute atomic E-state index is 13.7. The molecule has 0 unspecified atom stereocenters. The number of alkyl halides is 3. The summed E-state index contributed by atoms with van der Waals surface area (Å²) in [7, 11) is 0. The quantitative estimate of drug-likeness (QED) is 0.0830. The smallest absolute Gasteiger partial charge is 0.417 e. The number of thiazole rings is 1. The van der Waals surface area contributed by atoms with Crippen LogP contribution < -0.4 is 41.1 Å². The molecule has 2 fully saturated rings. The van der Waals surface area contributed by atoms with Gasteiger partial charge in [-0.05, 0) is 86.6 Å². The average Bonchev–Trinajstić information content (AvgIpc) is 3.99. The lowest BCUT2D eigenvalue weighted by Gasteiger charge is -2.29. The number of carbonyl (C=O) groups is 7. The number of nitriles is 1. The molecule has 6 N–H and O–H groups in total. The number of thiocarbonyl (C=S) groups is 1. The fourth-order valence-corrected chi connectivity index (χ4v) is 8.68. The number of carbonyl (C=O) groups excluding carboxylic acids is 7. The minimum Gasteiger partial charge on any atom is -0.484 e. The van der Waals surface area contributed by atoms with Gasteiger partial charge < -0.3 is 46.2 Å². The molecule has 0 spiro atoms. The molecule has 69 heavy (non-hydrogen) atoms. The van der Waals surface area contributed by atoms with E-state index in [0.29, 0.717) is 11.8 Å². The van der Waals surface area contributed by atoms with Crippen molar-refractivity contribution in [3.63, 3.8) is 0 Å². The van der Waals surface area contributed by atoms with Crippen molar-refractivity contribution in [3.8, 4) is 22.3 Å². The number of aromatic nitrogens is 1. The third-order valence-corrected chi connectivity index (χ3v) is 12.3. The maximum Gasteiger partial charge on any atom is 0.417 e. The number of aliphatic hydroxyl groups excluding tert-OH is 1. The number of aryl methyl sites for hydroxylation is 1. The summed E-state index contributed by atoms with van der Waals surface area (Å²) in [6.45, 7) is 2.41. The van der Waals surface area contributed by atoms with E-state index in [1.54, 1.807) is 5.51 Å². The molecule has 24 heteroatoms. The van der Waals surface area contributed by atoms with Gasteiger partial charge in [0.1, 0.15) is 17.3 Å². The summed E-state index contributed by atoms with van der Waals surface area (Å²) in [5.41, 5.74) is 1.56. The van der Waals surface area contributed by atoms with Gasteiger partial charge in [-0.2, -0.15) is 18.4 Å². The number of halogens is 3. The van der Waals surface area contributed by atoms with E-state index >= 15 is 0 Å². The zero-order valence-electron chi connectivity index (χ0n) is 37.1. The summed E-state index contributed by atoms with van der Waals surface area (Å²) in [5, 5.41) is 31.3. The zero-order chi connectivity index (χ0) is 50.2. The summed E-state index contributed by atoms with van der Waals surface area (Å²) in [5.74, 6) is -4.43. The van der Waals surface area contributed by atoms with Gasteiger partial charge in [-0.3, -0.25) is 38.5 Å². The van der Waals surface area contributed by atoms with Crippen LogP contribution in [-0.2, 0) is 46.3 Å². The molecule has 0 saturated carbocycles. The molecule has 2 atom stereocenters. The minimum atomic E-state index is -4.86. The molecule has 4 aromatic rings. The van der Waals surface area contributed by atoms with Gasteiger partial charge in [-0.15, -0.1) is 11.3 Å². The van der Waals surface area contributed by atoms with Gasteiger partial charge in [0.25, 0.3) is 11.8 Å². The molecule has 2 saturated heterocycles. The van der Waals surface area contributed by atoms with Crippen LogP contribution in [0.1, 0.15) is 42.7 Å². The second-order valence-corrected chi connectivity index (χ2v) is 17.4. The van der Waals surface area contributed by atoms with E-state index in [4.69, 9.17) is 22.2 Å². The van der Waals surface area contributed by atoms with Crippen molar-refractivity contribution in [3.05, 3.63) is 94.6 Å². The predicted molar refractivity (Wildman–Crippen MR) is 247 cm³/mol. The molecular formula is C45H45F3N10O9S2. The summed E-state index contributed by atoms with van der Waals surface area (Å²) in [6.07, 6.45) is -5.79. The van der Waals surface area contributed by atoms with Gasteiger partial charge >= 0.3 is 6.18 Å². The minimum absolute atomic E-state index is 0.0134. The number of nitrogens with zero attached hydrogens (tertiary/aromatic N) is 5. The number of aliphatic hydroxyl groups is 1. The molecule has 3 heterocycles. The molecule has 2 aliphatic rings. The third kappa shape index (κ3) is 12.4. The fraction of sp³-hybridized carbons (Fsp3) is 0.333. The summed E-state index contributed by atoms with van der Waals surface area (Å²) in [4.78, 5) is 97.8. The Kier molecular flexibility index (Phi) is 16.0. The van der Waals surface area contributed by atoms with Crippen molar-refractivity contribution < 1.29 is 56.6 Å². The van der Waals surface area contributed by atoms with Crippen molar-refractivity contribution in [2.24, 2.45) is 0 Å². The highest BCUT2D eigenvalue weighted by molar-refractivity contribution is 7.81. The van der Waals surface area contributed by atoms with Crippen LogP contribution in [0.15, 0.2) is 72.2 Å². The number of likely N-dealkylation sites (tertiary alicyclic amines) is 1. The molecule has 0 aliphatic carbocycles. The first-order valence-electron chi connectivity index (χ1n) is 21.0. The summed E-state index contributed by atoms with van der Waals surface area (Å²) < 4.78 is 46.5. The lowest BCUT2D eigenvalue weighted by Crippen LogP contribution is -2.50. The van der Waals surface area contributed by atoms with Gasteiger partial charge in [0.15, 0.2) is 11.7 Å². The predicted octanol–water partition coefficient (Wildman–Crippen LogP) is 2.05. The van der Waals surface area contributed by atoms with Crippen molar-refractivity contribution in [1.82, 2.24) is 36.5 Å². The van der Waals surface area contributed by atoms with Crippen LogP contribution in [0.2, 0.25) is 0 Å². The largest absolute Gasteiger partial charge is 0.484 e. The normalized spacial score (nSPS) is 16.4. The van der Waals surface area contributed by atoms with E-state index in [9.17, 15) is 51.8 Å².